The topological polar surface area (TPSA) is 98.1 Å². The minimum atomic E-state index is -3.83. The maximum Gasteiger partial charge on any atom is 0.265 e. The molecular weight excluding hydrogens is 430 g/mol. The number of halogens is 1. The molecule has 1 aromatic heterocycles. The molecule has 0 spiro atoms. The molecule has 0 radical (unpaired) electrons. The Labute approximate surface area is 155 Å². The normalized spacial score (nSPS) is 19.9. The number of sulfonamides is 1. The van der Waals surface area contributed by atoms with Crippen LogP contribution in [0.4, 0.5) is 5.69 Å². The summed E-state index contributed by atoms with van der Waals surface area (Å²) in [4.78, 5) is 0.0942. The van der Waals surface area contributed by atoms with Gasteiger partial charge >= 0.3 is 0 Å². The SMILES string of the molecule is Cc1nn(C2CCS(=O)(=O)C2)c(C)c1S(=O)(=O)Nc1cccc(Br)c1. The van der Waals surface area contributed by atoms with E-state index in [1.807, 2.05) is 0 Å². The molecule has 1 N–H and O–H groups in total. The highest BCUT2D eigenvalue weighted by molar-refractivity contribution is 9.10. The molecule has 1 aliphatic heterocycles. The standard InChI is InChI=1S/C15H18BrN3O4S2/c1-10-15(25(22,23)18-13-5-3-4-12(16)8-13)11(2)19(17-10)14-6-7-24(20,21)9-14/h3-5,8,14,18H,6-7,9H2,1-2H3. The molecule has 0 amide bonds. The van der Waals surface area contributed by atoms with Gasteiger partial charge in [-0.15, -0.1) is 0 Å². The van der Waals surface area contributed by atoms with Crippen molar-refractivity contribution in [2.75, 3.05) is 16.2 Å². The van der Waals surface area contributed by atoms with Crippen LogP contribution in [0.1, 0.15) is 23.9 Å². The van der Waals surface area contributed by atoms with E-state index in [1.54, 1.807) is 38.1 Å². The number of aromatic nitrogens is 2. The largest absolute Gasteiger partial charge is 0.279 e. The van der Waals surface area contributed by atoms with Gasteiger partial charge in [-0.3, -0.25) is 9.40 Å². The van der Waals surface area contributed by atoms with E-state index in [1.165, 1.54) is 4.68 Å². The average molecular weight is 448 g/mol. The van der Waals surface area contributed by atoms with Crippen molar-refractivity contribution in [2.24, 2.45) is 0 Å². The lowest BCUT2D eigenvalue weighted by molar-refractivity contribution is 0.484. The smallest absolute Gasteiger partial charge is 0.265 e. The molecule has 1 unspecified atom stereocenters. The Morgan fingerprint density at radius 3 is 2.64 bits per heavy atom. The second-order valence-electron chi connectivity index (χ2n) is 6.12. The van der Waals surface area contributed by atoms with Gasteiger partial charge in [0.2, 0.25) is 0 Å². The summed E-state index contributed by atoms with van der Waals surface area (Å²) in [5.74, 6) is 0.0991. The minimum absolute atomic E-state index is 0.00644. The van der Waals surface area contributed by atoms with E-state index < -0.39 is 19.9 Å². The van der Waals surface area contributed by atoms with Crippen LogP contribution in [0.5, 0.6) is 0 Å². The van der Waals surface area contributed by atoms with Crippen molar-refractivity contribution in [3.8, 4) is 0 Å². The average Bonchev–Trinajstić information content (AvgIpc) is 2.98. The van der Waals surface area contributed by atoms with Crippen LogP contribution >= 0.6 is 15.9 Å². The monoisotopic (exact) mass is 447 g/mol. The Kier molecular flexibility index (Phi) is 4.71. The first-order valence-electron chi connectivity index (χ1n) is 7.63. The molecule has 25 heavy (non-hydrogen) atoms. The third-order valence-corrected chi connectivity index (χ3v) is 8.03. The first kappa shape index (κ1) is 18.4. The molecule has 136 valence electrons. The van der Waals surface area contributed by atoms with Gasteiger partial charge in [0.1, 0.15) is 4.90 Å². The molecule has 1 atom stereocenters. The lowest BCUT2D eigenvalue weighted by Crippen LogP contribution is -2.17. The Hall–Kier alpha value is -1.39. The second kappa shape index (κ2) is 6.40. The van der Waals surface area contributed by atoms with Crippen molar-refractivity contribution < 1.29 is 16.8 Å². The van der Waals surface area contributed by atoms with E-state index in [-0.39, 0.29) is 22.4 Å². The van der Waals surface area contributed by atoms with Crippen molar-refractivity contribution in [1.29, 1.82) is 0 Å². The van der Waals surface area contributed by atoms with Gasteiger partial charge in [-0.2, -0.15) is 5.10 Å². The van der Waals surface area contributed by atoms with Crippen LogP contribution in [0, 0.1) is 13.8 Å². The molecule has 7 nitrogen and oxygen atoms in total. The summed E-state index contributed by atoms with van der Waals surface area (Å²) in [6.45, 7) is 3.27. The summed E-state index contributed by atoms with van der Waals surface area (Å²) >= 11 is 3.31. The third kappa shape index (κ3) is 3.75. The van der Waals surface area contributed by atoms with Crippen LogP contribution in [-0.4, -0.2) is 38.1 Å². The molecule has 1 aromatic carbocycles. The Bertz CT molecular complexity index is 1030. The fourth-order valence-electron chi connectivity index (χ4n) is 3.12. The first-order valence-corrected chi connectivity index (χ1v) is 11.7. The molecule has 3 rings (SSSR count). The van der Waals surface area contributed by atoms with Crippen LogP contribution < -0.4 is 4.72 Å². The number of anilines is 1. The van der Waals surface area contributed by atoms with E-state index in [9.17, 15) is 16.8 Å². The van der Waals surface area contributed by atoms with Gasteiger partial charge in [0.05, 0.1) is 28.9 Å². The minimum Gasteiger partial charge on any atom is -0.279 e. The maximum absolute atomic E-state index is 12.8. The maximum atomic E-state index is 12.8. The number of rotatable bonds is 4. The Morgan fingerprint density at radius 2 is 2.04 bits per heavy atom. The van der Waals surface area contributed by atoms with Gasteiger partial charge in [-0.05, 0) is 38.5 Å². The lowest BCUT2D eigenvalue weighted by atomic mass is 10.2. The van der Waals surface area contributed by atoms with Gasteiger partial charge in [-0.1, -0.05) is 22.0 Å². The van der Waals surface area contributed by atoms with Crippen LogP contribution in [0.2, 0.25) is 0 Å². The van der Waals surface area contributed by atoms with Crippen LogP contribution in [-0.2, 0) is 19.9 Å². The predicted octanol–water partition coefficient (Wildman–Crippen LogP) is 2.42. The molecule has 2 heterocycles. The summed E-state index contributed by atoms with van der Waals surface area (Å²) in [7, 11) is -6.92. The fourth-order valence-corrected chi connectivity index (χ4v) is 6.66. The molecule has 2 aromatic rings. The Balaban J connectivity index is 1.97. The molecule has 0 saturated carbocycles. The molecule has 0 aliphatic carbocycles. The van der Waals surface area contributed by atoms with Gasteiger partial charge in [0.15, 0.2) is 9.84 Å². The quantitative estimate of drug-likeness (QED) is 0.775. The molecule has 1 aliphatic rings. The zero-order chi connectivity index (χ0) is 18.4. The summed E-state index contributed by atoms with van der Waals surface area (Å²) < 4.78 is 53.9. The summed E-state index contributed by atoms with van der Waals surface area (Å²) in [6, 6.07) is 6.52. The van der Waals surface area contributed by atoms with E-state index in [2.05, 4.69) is 25.8 Å². The zero-order valence-corrected chi connectivity index (χ0v) is 16.9. The molecule has 1 fully saturated rings. The van der Waals surface area contributed by atoms with Gasteiger partial charge in [0.25, 0.3) is 10.0 Å². The first-order chi connectivity index (χ1) is 11.6. The number of nitrogens with zero attached hydrogens (tertiary/aromatic N) is 2. The number of benzene rings is 1. The molecule has 10 heteroatoms. The number of aryl methyl sites for hydroxylation is 1. The number of hydrogen-bond acceptors (Lipinski definition) is 5. The van der Waals surface area contributed by atoms with Crippen LogP contribution in [0.15, 0.2) is 33.6 Å². The highest BCUT2D eigenvalue weighted by Crippen LogP contribution is 2.30. The van der Waals surface area contributed by atoms with Crippen molar-refractivity contribution in [2.45, 2.75) is 31.2 Å². The Morgan fingerprint density at radius 1 is 1.32 bits per heavy atom. The zero-order valence-electron chi connectivity index (χ0n) is 13.7. The summed E-state index contributed by atoms with van der Waals surface area (Å²) in [6.07, 6.45) is 0.447. The molecule has 1 saturated heterocycles. The number of nitrogens with one attached hydrogen (secondary N) is 1. The van der Waals surface area contributed by atoms with E-state index in [0.29, 0.717) is 23.5 Å². The molecular formula is C15H18BrN3O4S2. The van der Waals surface area contributed by atoms with Gasteiger partial charge < -0.3 is 0 Å². The van der Waals surface area contributed by atoms with Crippen molar-refractivity contribution >= 4 is 41.5 Å². The van der Waals surface area contributed by atoms with Crippen molar-refractivity contribution in [3.05, 3.63) is 40.1 Å². The van der Waals surface area contributed by atoms with E-state index in [0.717, 1.165) is 4.47 Å². The van der Waals surface area contributed by atoms with E-state index >= 15 is 0 Å². The highest BCUT2D eigenvalue weighted by atomic mass is 79.9. The van der Waals surface area contributed by atoms with Crippen LogP contribution in [0.25, 0.3) is 0 Å². The second-order valence-corrected chi connectivity index (χ2v) is 10.9. The van der Waals surface area contributed by atoms with Crippen molar-refractivity contribution in [1.82, 2.24) is 9.78 Å². The third-order valence-electron chi connectivity index (χ3n) is 4.16. The van der Waals surface area contributed by atoms with Crippen molar-refractivity contribution in [3.63, 3.8) is 0 Å². The predicted molar refractivity (Wildman–Crippen MR) is 99.0 cm³/mol. The number of sulfone groups is 1. The van der Waals surface area contributed by atoms with Gasteiger partial charge in [0, 0.05) is 10.2 Å². The van der Waals surface area contributed by atoms with E-state index in [4.69, 9.17) is 0 Å². The van der Waals surface area contributed by atoms with Crippen LogP contribution in [0.3, 0.4) is 0 Å². The molecule has 0 bridgehead atoms. The highest BCUT2D eigenvalue weighted by Gasteiger charge is 2.33. The lowest BCUT2D eigenvalue weighted by Gasteiger charge is -2.12. The fraction of sp³-hybridized carbons (Fsp3) is 0.400. The van der Waals surface area contributed by atoms with Gasteiger partial charge in [-0.25, -0.2) is 16.8 Å². The number of hydrogen-bond donors (Lipinski definition) is 1. The summed E-state index contributed by atoms with van der Waals surface area (Å²) in [5, 5.41) is 4.31. The summed E-state index contributed by atoms with van der Waals surface area (Å²) in [5.41, 5.74) is 1.23.